The van der Waals surface area contributed by atoms with Crippen LogP contribution in [0.1, 0.15) is 41.6 Å². The van der Waals surface area contributed by atoms with E-state index in [0.717, 1.165) is 13.1 Å². The van der Waals surface area contributed by atoms with Gasteiger partial charge in [0, 0.05) is 22.3 Å². The molecule has 0 fully saturated rings. The SMILES string of the molecule is CCCN(CC)C(CN)c1cc(C)sc1C. The molecular weight excluding hydrogens is 216 g/mol. The second kappa shape index (κ2) is 6.38. The Morgan fingerprint density at radius 3 is 2.44 bits per heavy atom. The van der Waals surface area contributed by atoms with Crippen molar-refractivity contribution in [2.75, 3.05) is 19.6 Å². The summed E-state index contributed by atoms with van der Waals surface area (Å²) >= 11 is 1.88. The number of likely N-dealkylation sites (N-methyl/N-ethyl adjacent to an activating group) is 1. The molecule has 0 aromatic carbocycles. The zero-order chi connectivity index (χ0) is 12.1. The number of hydrogen-bond donors (Lipinski definition) is 1. The Labute approximate surface area is 103 Å². The molecule has 92 valence electrons. The normalized spacial score (nSPS) is 13.4. The van der Waals surface area contributed by atoms with Crippen molar-refractivity contribution in [2.24, 2.45) is 5.73 Å². The molecule has 0 saturated heterocycles. The van der Waals surface area contributed by atoms with E-state index in [1.165, 1.54) is 21.7 Å². The molecule has 0 amide bonds. The molecule has 1 aromatic heterocycles. The first-order chi connectivity index (χ1) is 7.63. The summed E-state index contributed by atoms with van der Waals surface area (Å²) in [6.07, 6.45) is 1.19. The molecule has 1 aromatic rings. The van der Waals surface area contributed by atoms with E-state index in [2.05, 4.69) is 38.7 Å². The standard InChI is InChI=1S/C13H24N2S/c1-5-7-15(6-2)13(9-14)12-8-10(3)16-11(12)4/h8,13H,5-7,9,14H2,1-4H3. The first-order valence-electron chi connectivity index (χ1n) is 6.15. The molecule has 0 aliphatic heterocycles. The van der Waals surface area contributed by atoms with Crippen LogP contribution in [0.4, 0.5) is 0 Å². The Morgan fingerprint density at radius 2 is 2.06 bits per heavy atom. The molecule has 3 heteroatoms. The van der Waals surface area contributed by atoms with Crippen LogP contribution in [0.2, 0.25) is 0 Å². The molecule has 0 spiro atoms. The fourth-order valence-corrected chi connectivity index (χ4v) is 3.26. The molecule has 1 rings (SSSR count). The van der Waals surface area contributed by atoms with Crippen LogP contribution in [0.15, 0.2) is 6.07 Å². The molecule has 2 N–H and O–H groups in total. The van der Waals surface area contributed by atoms with Crippen LogP contribution in [0.3, 0.4) is 0 Å². The molecule has 1 atom stereocenters. The monoisotopic (exact) mass is 240 g/mol. The molecule has 1 unspecified atom stereocenters. The van der Waals surface area contributed by atoms with Crippen molar-refractivity contribution in [3.8, 4) is 0 Å². The van der Waals surface area contributed by atoms with Crippen LogP contribution in [-0.2, 0) is 0 Å². The Hall–Kier alpha value is -0.380. The largest absolute Gasteiger partial charge is 0.329 e. The van der Waals surface area contributed by atoms with E-state index >= 15 is 0 Å². The summed E-state index contributed by atoms with van der Waals surface area (Å²) in [5.41, 5.74) is 7.38. The molecule has 0 saturated carbocycles. The lowest BCUT2D eigenvalue weighted by Gasteiger charge is -2.29. The maximum Gasteiger partial charge on any atom is 0.0481 e. The van der Waals surface area contributed by atoms with E-state index in [0.29, 0.717) is 12.6 Å². The lowest BCUT2D eigenvalue weighted by Crippen LogP contribution is -2.34. The van der Waals surface area contributed by atoms with E-state index in [-0.39, 0.29) is 0 Å². The molecule has 2 nitrogen and oxygen atoms in total. The highest BCUT2D eigenvalue weighted by Gasteiger charge is 2.20. The topological polar surface area (TPSA) is 29.3 Å². The van der Waals surface area contributed by atoms with Gasteiger partial charge in [0.1, 0.15) is 0 Å². The number of nitrogens with two attached hydrogens (primary N) is 1. The summed E-state index contributed by atoms with van der Waals surface area (Å²) in [5.74, 6) is 0. The van der Waals surface area contributed by atoms with Gasteiger partial charge in [0.2, 0.25) is 0 Å². The van der Waals surface area contributed by atoms with Crippen LogP contribution in [0.5, 0.6) is 0 Å². The fraction of sp³-hybridized carbons (Fsp3) is 0.692. The van der Waals surface area contributed by atoms with Gasteiger partial charge in [0.25, 0.3) is 0 Å². The maximum atomic E-state index is 5.95. The van der Waals surface area contributed by atoms with Crippen LogP contribution in [0.25, 0.3) is 0 Å². The minimum Gasteiger partial charge on any atom is -0.329 e. The molecular formula is C13H24N2S. The average Bonchev–Trinajstić information content (AvgIpc) is 2.58. The van der Waals surface area contributed by atoms with Gasteiger partial charge in [0.15, 0.2) is 0 Å². The van der Waals surface area contributed by atoms with Crippen LogP contribution in [-0.4, -0.2) is 24.5 Å². The summed E-state index contributed by atoms with van der Waals surface area (Å²) in [5, 5.41) is 0. The van der Waals surface area contributed by atoms with Crippen LogP contribution >= 0.6 is 11.3 Å². The second-order valence-electron chi connectivity index (χ2n) is 4.25. The highest BCUT2D eigenvalue weighted by Crippen LogP contribution is 2.29. The van der Waals surface area contributed by atoms with Gasteiger partial charge in [-0.15, -0.1) is 11.3 Å². The van der Waals surface area contributed by atoms with Gasteiger partial charge in [-0.2, -0.15) is 0 Å². The van der Waals surface area contributed by atoms with Gasteiger partial charge < -0.3 is 5.73 Å². The molecule has 0 radical (unpaired) electrons. The van der Waals surface area contributed by atoms with E-state index in [1.807, 2.05) is 11.3 Å². The third kappa shape index (κ3) is 3.06. The van der Waals surface area contributed by atoms with Crippen LogP contribution in [0, 0.1) is 13.8 Å². The Bertz CT molecular complexity index is 320. The summed E-state index contributed by atoms with van der Waals surface area (Å²) in [6, 6.07) is 2.70. The first-order valence-corrected chi connectivity index (χ1v) is 6.96. The zero-order valence-electron chi connectivity index (χ0n) is 10.9. The Balaban J connectivity index is 2.91. The highest BCUT2D eigenvalue weighted by molar-refractivity contribution is 7.12. The van der Waals surface area contributed by atoms with E-state index < -0.39 is 0 Å². The minimum atomic E-state index is 0.398. The zero-order valence-corrected chi connectivity index (χ0v) is 11.7. The van der Waals surface area contributed by atoms with Gasteiger partial charge in [-0.25, -0.2) is 0 Å². The van der Waals surface area contributed by atoms with Gasteiger partial charge in [-0.05, 0) is 45.0 Å². The highest BCUT2D eigenvalue weighted by atomic mass is 32.1. The van der Waals surface area contributed by atoms with Crippen molar-refractivity contribution >= 4 is 11.3 Å². The van der Waals surface area contributed by atoms with Crippen molar-refractivity contribution in [1.29, 1.82) is 0 Å². The average molecular weight is 240 g/mol. The fourth-order valence-electron chi connectivity index (χ4n) is 2.28. The number of aryl methyl sites for hydroxylation is 2. The lowest BCUT2D eigenvalue weighted by molar-refractivity contribution is 0.212. The van der Waals surface area contributed by atoms with Crippen LogP contribution < -0.4 is 5.73 Å². The lowest BCUT2D eigenvalue weighted by atomic mass is 10.1. The summed E-state index contributed by atoms with van der Waals surface area (Å²) in [7, 11) is 0. The van der Waals surface area contributed by atoms with Gasteiger partial charge in [-0.3, -0.25) is 4.90 Å². The van der Waals surface area contributed by atoms with Crippen molar-refractivity contribution in [1.82, 2.24) is 4.90 Å². The molecule has 0 aliphatic carbocycles. The number of hydrogen-bond acceptors (Lipinski definition) is 3. The summed E-state index contributed by atoms with van der Waals surface area (Å²) < 4.78 is 0. The van der Waals surface area contributed by atoms with Crippen molar-refractivity contribution in [3.63, 3.8) is 0 Å². The first kappa shape index (κ1) is 13.7. The third-order valence-electron chi connectivity index (χ3n) is 3.02. The van der Waals surface area contributed by atoms with E-state index in [9.17, 15) is 0 Å². The van der Waals surface area contributed by atoms with Crippen molar-refractivity contribution in [3.05, 3.63) is 21.4 Å². The maximum absolute atomic E-state index is 5.95. The van der Waals surface area contributed by atoms with Gasteiger partial charge in [-0.1, -0.05) is 13.8 Å². The third-order valence-corrected chi connectivity index (χ3v) is 4.00. The smallest absolute Gasteiger partial charge is 0.0481 e. The minimum absolute atomic E-state index is 0.398. The van der Waals surface area contributed by atoms with Gasteiger partial charge in [0.05, 0.1) is 0 Å². The quantitative estimate of drug-likeness (QED) is 0.828. The number of nitrogens with zero attached hydrogens (tertiary/aromatic N) is 1. The Morgan fingerprint density at radius 1 is 1.38 bits per heavy atom. The second-order valence-corrected chi connectivity index (χ2v) is 5.71. The van der Waals surface area contributed by atoms with E-state index in [1.54, 1.807) is 0 Å². The molecule has 1 heterocycles. The summed E-state index contributed by atoms with van der Waals surface area (Å²) in [6.45, 7) is 11.7. The summed E-state index contributed by atoms with van der Waals surface area (Å²) in [4.78, 5) is 5.29. The molecule has 0 aliphatic rings. The van der Waals surface area contributed by atoms with Gasteiger partial charge >= 0.3 is 0 Å². The molecule has 0 bridgehead atoms. The predicted molar refractivity (Wildman–Crippen MR) is 73.1 cm³/mol. The predicted octanol–water partition coefficient (Wildman–Crippen LogP) is 3.10. The Kier molecular flexibility index (Phi) is 5.46. The molecule has 16 heavy (non-hydrogen) atoms. The number of thiophene rings is 1. The number of rotatable bonds is 6. The van der Waals surface area contributed by atoms with Crippen molar-refractivity contribution in [2.45, 2.75) is 40.2 Å². The van der Waals surface area contributed by atoms with Crippen molar-refractivity contribution < 1.29 is 0 Å². The van der Waals surface area contributed by atoms with E-state index in [4.69, 9.17) is 5.73 Å².